The zero-order chi connectivity index (χ0) is 14.6. The Balaban J connectivity index is 2.26. The first kappa shape index (κ1) is 16.5. The third kappa shape index (κ3) is 7.17. The Morgan fingerprint density at radius 3 is 2.35 bits per heavy atom. The van der Waals surface area contributed by atoms with Crippen LogP contribution >= 0.6 is 0 Å². The summed E-state index contributed by atoms with van der Waals surface area (Å²) in [6, 6.07) is 8.70. The number of aryl methyl sites for hydroxylation is 2. The summed E-state index contributed by atoms with van der Waals surface area (Å²) in [5.41, 5.74) is 2.72. The largest absolute Gasteiger partial charge is 0.508 e. The van der Waals surface area contributed by atoms with Gasteiger partial charge in [-0.1, -0.05) is 44.0 Å². The quantitative estimate of drug-likeness (QED) is 0.492. The molecule has 0 heterocycles. The molecule has 0 bridgehead atoms. The predicted octanol–water partition coefficient (Wildman–Crippen LogP) is 4.53. The molecule has 1 aromatic carbocycles. The van der Waals surface area contributed by atoms with E-state index in [2.05, 4.69) is 31.2 Å². The highest BCUT2D eigenvalue weighted by molar-refractivity contribution is 5.59. The number of benzene rings is 1. The highest BCUT2D eigenvalue weighted by Crippen LogP contribution is 2.11. The molecule has 0 aliphatic carbocycles. The molecule has 0 aliphatic rings. The molecule has 0 saturated carbocycles. The SMILES string of the molecule is CCCCCc1cccc(CCCOC(=O)OCC)c1. The molecule has 1 rings (SSSR count). The second-order valence-electron chi connectivity index (χ2n) is 4.91. The molecule has 0 radical (unpaired) electrons. The summed E-state index contributed by atoms with van der Waals surface area (Å²) in [7, 11) is 0. The van der Waals surface area contributed by atoms with Crippen LogP contribution in [0.15, 0.2) is 24.3 Å². The van der Waals surface area contributed by atoms with Crippen LogP contribution in [0.25, 0.3) is 0 Å². The van der Waals surface area contributed by atoms with Crippen molar-refractivity contribution in [3.05, 3.63) is 35.4 Å². The van der Waals surface area contributed by atoms with E-state index in [-0.39, 0.29) is 0 Å². The van der Waals surface area contributed by atoms with E-state index in [1.165, 1.54) is 30.4 Å². The topological polar surface area (TPSA) is 35.5 Å². The number of hydrogen-bond donors (Lipinski definition) is 0. The average molecular weight is 278 g/mol. The van der Waals surface area contributed by atoms with Crippen molar-refractivity contribution in [1.29, 1.82) is 0 Å². The third-order valence-electron chi connectivity index (χ3n) is 3.15. The lowest BCUT2D eigenvalue weighted by Crippen LogP contribution is -2.08. The van der Waals surface area contributed by atoms with Gasteiger partial charge in [0.15, 0.2) is 0 Å². The van der Waals surface area contributed by atoms with Gasteiger partial charge in [-0.25, -0.2) is 4.79 Å². The fourth-order valence-electron chi connectivity index (χ4n) is 2.11. The molecule has 0 amide bonds. The van der Waals surface area contributed by atoms with Crippen LogP contribution in [0.3, 0.4) is 0 Å². The van der Waals surface area contributed by atoms with E-state index in [1.807, 2.05) is 0 Å². The van der Waals surface area contributed by atoms with Crippen LogP contribution in [0, 0.1) is 0 Å². The third-order valence-corrected chi connectivity index (χ3v) is 3.15. The number of unbranched alkanes of at least 4 members (excludes halogenated alkanes) is 2. The molecule has 0 spiro atoms. The lowest BCUT2D eigenvalue weighted by atomic mass is 10.0. The molecule has 0 fully saturated rings. The molecule has 3 heteroatoms. The van der Waals surface area contributed by atoms with Gasteiger partial charge < -0.3 is 9.47 Å². The van der Waals surface area contributed by atoms with Crippen molar-refractivity contribution in [3.63, 3.8) is 0 Å². The molecule has 0 aliphatic heterocycles. The average Bonchev–Trinajstić information content (AvgIpc) is 2.45. The summed E-state index contributed by atoms with van der Waals surface area (Å²) in [6.07, 6.45) is 6.15. The van der Waals surface area contributed by atoms with E-state index in [9.17, 15) is 4.79 Å². The number of ether oxygens (including phenoxy) is 2. The summed E-state index contributed by atoms with van der Waals surface area (Å²) in [5.74, 6) is 0. The van der Waals surface area contributed by atoms with Crippen molar-refractivity contribution in [2.75, 3.05) is 13.2 Å². The second kappa shape index (κ2) is 10.3. The molecule has 112 valence electrons. The monoisotopic (exact) mass is 278 g/mol. The van der Waals surface area contributed by atoms with Crippen LogP contribution in [0.5, 0.6) is 0 Å². The van der Waals surface area contributed by atoms with E-state index in [0.717, 1.165) is 19.3 Å². The first-order valence-corrected chi connectivity index (χ1v) is 7.63. The molecular weight excluding hydrogens is 252 g/mol. The highest BCUT2D eigenvalue weighted by Gasteiger charge is 2.02. The van der Waals surface area contributed by atoms with Gasteiger partial charge in [-0.3, -0.25) is 0 Å². The Hall–Kier alpha value is -1.51. The van der Waals surface area contributed by atoms with Gasteiger partial charge in [0.1, 0.15) is 0 Å². The first-order chi connectivity index (χ1) is 9.76. The van der Waals surface area contributed by atoms with Crippen molar-refractivity contribution in [3.8, 4) is 0 Å². The maximum absolute atomic E-state index is 11.0. The van der Waals surface area contributed by atoms with Gasteiger partial charge in [-0.05, 0) is 43.7 Å². The molecule has 20 heavy (non-hydrogen) atoms. The Labute approximate surface area is 122 Å². The molecule has 0 aromatic heterocycles. The normalized spacial score (nSPS) is 10.3. The van der Waals surface area contributed by atoms with Gasteiger partial charge in [-0.2, -0.15) is 0 Å². The fourth-order valence-corrected chi connectivity index (χ4v) is 2.11. The minimum absolute atomic E-state index is 0.360. The summed E-state index contributed by atoms with van der Waals surface area (Å²) < 4.78 is 9.66. The predicted molar refractivity (Wildman–Crippen MR) is 81.0 cm³/mol. The lowest BCUT2D eigenvalue weighted by Gasteiger charge is -2.06. The molecule has 1 aromatic rings. The number of carbonyl (C=O) groups is 1. The first-order valence-electron chi connectivity index (χ1n) is 7.63. The molecule has 3 nitrogen and oxygen atoms in total. The van der Waals surface area contributed by atoms with E-state index in [0.29, 0.717) is 13.2 Å². The number of carbonyl (C=O) groups excluding carboxylic acids is 1. The Morgan fingerprint density at radius 2 is 1.70 bits per heavy atom. The van der Waals surface area contributed by atoms with Crippen LogP contribution in [-0.4, -0.2) is 19.4 Å². The zero-order valence-electron chi connectivity index (χ0n) is 12.7. The summed E-state index contributed by atoms with van der Waals surface area (Å²) in [6.45, 7) is 4.77. The van der Waals surface area contributed by atoms with E-state index < -0.39 is 6.16 Å². The van der Waals surface area contributed by atoms with Gasteiger partial charge in [0.05, 0.1) is 13.2 Å². The van der Waals surface area contributed by atoms with Crippen LogP contribution in [0.4, 0.5) is 4.79 Å². The van der Waals surface area contributed by atoms with Crippen molar-refractivity contribution in [2.45, 2.75) is 52.4 Å². The fraction of sp³-hybridized carbons (Fsp3) is 0.588. The van der Waals surface area contributed by atoms with Crippen LogP contribution in [-0.2, 0) is 22.3 Å². The number of rotatable bonds is 9. The summed E-state index contributed by atoms with van der Waals surface area (Å²) >= 11 is 0. The second-order valence-corrected chi connectivity index (χ2v) is 4.91. The Bertz CT molecular complexity index is 388. The van der Waals surface area contributed by atoms with Crippen LogP contribution in [0.2, 0.25) is 0 Å². The molecular formula is C17H26O3. The number of hydrogen-bond acceptors (Lipinski definition) is 3. The van der Waals surface area contributed by atoms with Crippen LogP contribution in [0.1, 0.15) is 50.7 Å². The Morgan fingerprint density at radius 1 is 1.00 bits per heavy atom. The summed E-state index contributed by atoms with van der Waals surface area (Å²) in [5, 5.41) is 0. The van der Waals surface area contributed by atoms with Crippen molar-refractivity contribution < 1.29 is 14.3 Å². The van der Waals surface area contributed by atoms with Gasteiger partial charge in [0.2, 0.25) is 0 Å². The maximum Gasteiger partial charge on any atom is 0.508 e. The van der Waals surface area contributed by atoms with E-state index in [1.54, 1.807) is 6.92 Å². The van der Waals surface area contributed by atoms with Crippen molar-refractivity contribution in [2.24, 2.45) is 0 Å². The van der Waals surface area contributed by atoms with Gasteiger partial charge in [0.25, 0.3) is 0 Å². The molecule has 0 atom stereocenters. The highest BCUT2D eigenvalue weighted by atomic mass is 16.7. The smallest absolute Gasteiger partial charge is 0.435 e. The standard InChI is InChI=1S/C17H26O3/c1-3-5-6-9-15-10-7-11-16(14-15)12-8-13-20-17(18)19-4-2/h7,10-11,14H,3-6,8-9,12-13H2,1-2H3. The molecule has 0 unspecified atom stereocenters. The van der Waals surface area contributed by atoms with Gasteiger partial charge >= 0.3 is 6.16 Å². The maximum atomic E-state index is 11.0. The van der Waals surface area contributed by atoms with E-state index in [4.69, 9.17) is 9.47 Å². The van der Waals surface area contributed by atoms with Crippen molar-refractivity contribution in [1.82, 2.24) is 0 Å². The Kier molecular flexibility index (Phi) is 8.52. The minimum Gasteiger partial charge on any atom is -0.435 e. The van der Waals surface area contributed by atoms with Gasteiger partial charge in [-0.15, -0.1) is 0 Å². The van der Waals surface area contributed by atoms with E-state index >= 15 is 0 Å². The van der Waals surface area contributed by atoms with Crippen molar-refractivity contribution >= 4 is 6.16 Å². The zero-order valence-corrected chi connectivity index (χ0v) is 12.7. The van der Waals surface area contributed by atoms with Crippen LogP contribution < -0.4 is 0 Å². The van der Waals surface area contributed by atoms with Gasteiger partial charge in [0, 0.05) is 0 Å². The molecule has 0 saturated heterocycles. The lowest BCUT2D eigenvalue weighted by molar-refractivity contribution is 0.0584. The minimum atomic E-state index is -0.569. The summed E-state index contributed by atoms with van der Waals surface area (Å²) in [4.78, 5) is 11.0. The molecule has 0 N–H and O–H groups in total.